The van der Waals surface area contributed by atoms with Gasteiger partial charge in [-0.05, 0) is 56.4 Å². The van der Waals surface area contributed by atoms with Crippen LogP contribution in [-0.2, 0) is 0 Å². The molecule has 1 aliphatic rings. The Morgan fingerprint density at radius 1 is 1.28 bits per heavy atom. The molecule has 1 aromatic carbocycles. The Hall–Kier alpha value is -1.46. The molecule has 0 aliphatic heterocycles. The zero-order valence-corrected chi connectivity index (χ0v) is 10.9. The van der Waals surface area contributed by atoms with Gasteiger partial charge >= 0.3 is 0 Å². The summed E-state index contributed by atoms with van der Waals surface area (Å²) in [6.45, 7) is 1.93. The molecule has 0 bridgehead atoms. The predicted octanol–water partition coefficient (Wildman–Crippen LogP) is 3.05. The van der Waals surface area contributed by atoms with Gasteiger partial charge in [-0.1, -0.05) is 18.3 Å². The fraction of sp³-hybridized carbons (Fsp3) is 0.500. The Kier molecular flexibility index (Phi) is 4.66. The van der Waals surface area contributed by atoms with Crippen molar-refractivity contribution in [3.05, 3.63) is 29.3 Å². The summed E-state index contributed by atoms with van der Waals surface area (Å²) in [5.41, 5.74) is 2.06. The standard InChI is InChI=1S/C16H20O2/c1-13-12-16(10-9-14(13)6-5-11-17)18-15-7-3-2-4-8-15/h9-10,12,15,17H,2-4,7-8,11H2,1H3. The third-order valence-corrected chi connectivity index (χ3v) is 3.35. The molecule has 0 heterocycles. The number of aliphatic hydroxyl groups excluding tert-OH is 1. The maximum Gasteiger partial charge on any atom is 0.120 e. The van der Waals surface area contributed by atoms with Crippen LogP contribution in [0.5, 0.6) is 5.75 Å². The van der Waals surface area contributed by atoms with Crippen LogP contribution < -0.4 is 4.74 Å². The fourth-order valence-electron chi connectivity index (χ4n) is 2.36. The van der Waals surface area contributed by atoms with Gasteiger partial charge in [-0.3, -0.25) is 0 Å². The zero-order valence-electron chi connectivity index (χ0n) is 10.9. The number of aryl methyl sites for hydroxylation is 1. The van der Waals surface area contributed by atoms with Gasteiger partial charge in [-0.2, -0.15) is 0 Å². The molecule has 0 spiro atoms. The van der Waals surface area contributed by atoms with E-state index in [9.17, 15) is 0 Å². The highest BCUT2D eigenvalue weighted by molar-refractivity contribution is 5.44. The summed E-state index contributed by atoms with van der Waals surface area (Å²) in [5.74, 6) is 6.55. The monoisotopic (exact) mass is 244 g/mol. The van der Waals surface area contributed by atoms with Gasteiger partial charge in [0.1, 0.15) is 12.4 Å². The van der Waals surface area contributed by atoms with E-state index in [-0.39, 0.29) is 6.61 Å². The predicted molar refractivity (Wildman–Crippen MR) is 72.6 cm³/mol. The van der Waals surface area contributed by atoms with E-state index in [1.165, 1.54) is 32.1 Å². The molecule has 0 aromatic heterocycles. The van der Waals surface area contributed by atoms with Crippen molar-refractivity contribution >= 4 is 0 Å². The van der Waals surface area contributed by atoms with Crippen molar-refractivity contribution < 1.29 is 9.84 Å². The Bertz CT molecular complexity index is 448. The second-order valence-corrected chi connectivity index (χ2v) is 4.81. The van der Waals surface area contributed by atoms with E-state index >= 15 is 0 Å². The summed E-state index contributed by atoms with van der Waals surface area (Å²) in [7, 11) is 0. The molecule has 1 N–H and O–H groups in total. The topological polar surface area (TPSA) is 29.5 Å². The first-order valence-corrected chi connectivity index (χ1v) is 6.66. The Morgan fingerprint density at radius 2 is 2.06 bits per heavy atom. The SMILES string of the molecule is Cc1cc(OC2CCCCC2)ccc1C#CCO. The van der Waals surface area contributed by atoms with Crippen LogP contribution >= 0.6 is 0 Å². The summed E-state index contributed by atoms with van der Waals surface area (Å²) in [5, 5.41) is 8.69. The van der Waals surface area contributed by atoms with Gasteiger partial charge in [0.25, 0.3) is 0 Å². The lowest BCUT2D eigenvalue weighted by Gasteiger charge is -2.23. The smallest absolute Gasteiger partial charge is 0.120 e. The van der Waals surface area contributed by atoms with Gasteiger partial charge < -0.3 is 9.84 Å². The van der Waals surface area contributed by atoms with Crippen molar-refractivity contribution in [2.45, 2.75) is 45.1 Å². The summed E-state index contributed by atoms with van der Waals surface area (Å²) >= 11 is 0. The van der Waals surface area contributed by atoms with Crippen LogP contribution in [0.15, 0.2) is 18.2 Å². The average molecular weight is 244 g/mol. The molecule has 2 rings (SSSR count). The molecule has 18 heavy (non-hydrogen) atoms. The van der Waals surface area contributed by atoms with Crippen LogP contribution in [0.1, 0.15) is 43.2 Å². The quantitative estimate of drug-likeness (QED) is 0.810. The van der Waals surface area contributed by atoms with Crippen LogP contribution in [0.2, 0.25) is 0 Å². The van der Waals surface area contributed by atoms with Gasteiger partial charge in [-0.15, -0.1) is 0 Å². The normalized spacial score (nSPS) is 15.9. The van der Waals surface area contributed by atoms with Crippen LogP contribution in [0.25, 0.3) is 0 Å². The van der Waals surface area contributed by atoms with E-state index in [2.05, 4.69) is 11.8 Å². The fourth-order valence-corrected chi connectivity index (χ4v) is 2.36. The molecule has 0 atom stereocenters. The first-order chi connectivity index (χ1) is 8.79. The van der Waals surface area contributed by atoms with Crippen molar-refractivity contribution in [1.82, 2.24) is 0 Å². The molecule has 0 unspecified atom stereocenters. The van der Waals surface area contributed by atoms with Gasteiger partial charge in [0, 0.05) is 5.56 Å². The number of ether oxygens (including phenoxy) is 1. The molecule has 2 heteroatoms. The maximum absolute atomic E-state index is 8.69. The van der Waals surface area contributed by atoms with E-state index in [0.29, 0.717) is 6.10 Å². The van der Waals surface area contributed by atoms with Gasteiger partial charge in [0.05, 0.1) is 6.10 Å². The third-order valence-electron chi connectivity index (χ3n) is 3.35. The number of hydrogen-bond donors (Lipinski definition) is 1. The number of hydrogen-bond acceptors (Lipinski definition) is 2. The second kappa shape index (κ2) is 6.47. The van der Waals surface area contributed by atoms with Crippen LogP contribution in [0, 0.1) is 18.8 Å². The first-order valence-electron chi connectivity index (χ1n) is 6.66. The summed E-state index contributed by atoms with van der Waals surface area (Å²) in [4.78, 5) is 0. The number of benzene rings is 1. The van der Waals surface area contributed by atoms with Crippen molar-refractivity contribution in [3.63, 3.8) is 0 Å². The van der Waals surface area contributed by atoms with Crippen molar-refractivity contribution in [2.24, 2.45) is 0 Å². The van der Waals surface area contributed by atoms with Crippen molar-refractivity contribution in [3.8, 4) is 17.6 Å². The molecule has 0 saturated heterocycles. The average Bonchev–Trinajstić information content (AvgIpc) is 2.39. The van der Waals surface area contributed by atoms with E-state index in [0.717, 1.165) is 16.9 Å². The summed E-state index contributed by atoms with van der Waals surface area (Å²) in [6, 6.07) is 5.98. The Balaban J connectivity index is 2.03. The lowest BCUT2D eigenvalue weighted by atomic mass is 9.98. The molecule has 1 fully saturated rings. The lowest BCUT2D eigenvalue weighted by Crippen LogP contribution is -2.19. The molecular formula is C16H20O2. The summed E-state index contributed by atoms with van der Waals surface area (Å²) < 4.78 is 6.00. The highest BCUT2D eigenvalue weighted by atomic mass is 16.5. The number of aliphatic hydroxyl groups is 1. The van der Waals surface area contributed by atoms with E-state index < -0.39 is 0 Å². The van der Waals surface area contributed by atoms with E-state index in [1.54, 1.807) is 0 Å². The van der Waals surface area contributed by atoms with Gasteiger partial charge in [0.2, 0.25) is 0 Å². The zero-order chi connectivity index (χ0) is 12.8. The Morgan fingerprint density at radius 3 is 2.72 bits per heavy atom. The highest BCUT2D eigenvalue weighted by Gasteiger charge is 2.14. The van der Waals surface area contributed by atoms with Crippen LogP contribution in [0.3, 0.4) is 0 Å². The maximum atomic E-state index is 8.69. The highest BCUT2D eigenvalue weighted by Crippen LogP contribution is 2.24. The molecular weight excluding hydrogens is 224 g/mol. The molecule has 1 saturated carbocycles. The Labute approximate surface area is 109 Å². The van der Waals surface area contributed by atoms with Crippen LogP contribution in [0.4, 0.5) is 0 Å². The van der Waals surface area contributed by atoms with Crippen LogP contribution in [-0.4, -0.2) is 17.8 Å². The third kappa shape index (κ3) is 3.51. The largest absolute Gasteiger partial charge is 0.490 e. The van der Waals surface area contributed by atoms with Crippen molar-refractivity contribution in [2.75, 3.05) is 6.61 Å². The molecule has 2 nitrogen and oxygen atoms in total. The van der Waals surface area contributed by atoms with E-state index in [4.69, 9.17) is 9.84 Å². The lowest BCUT2D eigenvalue weighted by molar-refractivity contribution is 0.155. The molecule has 0 amide bonds. The van der Waals surface area contributed by atoms with Gasteiger partial charge in [-0.25, -0.2) is 0 Å². The molecule has 96 valence electrons. The van der Waals surface area contributed by atoms with Crippen molar-refractivity contribution in [1.29, 1.82) is 0 Å². The van der Waals surface area contributed by atoms with E-state index in [1.807, 2.05) is 25.1 Å². The first kappa shape index (κ1) is 13.0. The second-order valence-electron chi connectivity index (χ2n) is 4.81. The number of rotatable bonds is 2. The van der Waals surface area contributed by atoms with Gasteiger partial charge in [0.15, 0.2) is 0 Å². The minimum Gasteiger partial charge on any atom is -0.490 e. The molecule has 1 aromatic rings. The minimum absolute atomic E-state index is 0.0975. The molecule has 0 radical (unpaired) electrons. The summed E-state index contributed by atoms with van der Waals surface area (Å²) in [6.07, 6.45) is 6.63. The molecule has 1 aliphatic carbocycles. The minimum atomic E-state index is -0.0975.